The van der Waals surface area contributed by atoms with E-state index in [1.807, 2.05) is 31.2 Å². The van der Waals surface area contributed by atoms with E-state index >= 15 is 0 Å². The fraction of sp³-hybridized carbons (Fsp3) is 0.316. The molecule has 0 fully saturated rings. The van der Waals surface area contributed by atoms with E-state index in [1.54, 1.807) is 26.4 Å². The minimum Gasteiger partial charge on any atom is -0.495 e. The fourth-order valence-corrected chi connectivity index (χ4v) is 2.79. The molecule has 6 heteroatoms. The Balaban J connectivity index is 1.87. The van der Waals surface area contributed by atoms with Crippen molar-refractivity contribution in [3.05, 3.63) is 46.4 Å². The number of anilines is 1. The maximum absolute atomic E-state index is 12.2. The summed E-state index contributed by atoms with van der Waals surface area (Å²) < 4.78 is 17.0. The molecule has 0 aliphatic carbocycles. The zero-order chi connectivity index (χ0) is 18.2. The Morgan fingerprint density at radius 1 is 1.08 bits per heavy atom. The normalized spacial score (nSPS) is 10.2. The highest BCUT2D eigenvalue weighted by Crippen LogP contribution is 2.36. The number of halogens is 1. The molecule has 2 aromatic rings. The summed E-state index contributed by atoms with van der Waals surface area (Å²) in [5, 5.41) is 2.85. The Hall–Kier alpha value is -2.21. The molecule has 1 amide bonds. The number of para-hydroxylation sites is 1. The number of carbonyl (C=O) groups excluding carboxylic acids is 1. The molecule has 1 N–H and O–H groups in total. The molecule has 0 aliphatic rings. The van der Waals surface area contributed by atoms with E-state index in [2.05, 4.69) is 21.2 Å². The smallest absolute Gasteiger partial charge is 0.224 e. The molecule has 0 aromatic heterocycles. The van der Waals surface area contributed by atoms with E-state index in [4.69, 9.17) is 14.2 Å². The average Bonchev–Trinajstić information content (AvgIpc) is 2.61. The second-order valence-electron chi connectivity index (χ2n) is 5.45. The van der Waals surface area contributed by atoms with E-state index in [-0.39, 0.29) is 5.91 Å². The van der Waals surface area contributed by atoms with Crippen LogP contribution in [0.1, 0.15) is 18.4 Å². The molecule has 0 bridgehead atoms. The van der Waals surface area contributed by atoms with Gasteiger partial charge in [-0.05, 0) is 40.9 Å². The van der Waals surface area contributed by atoms with Crippen molar-refractivity contribution in [2.45, 2.75) is 19.8 Å². The quantitative estimate of drug-likeness (QED) is 0.650. The highest BCUT2D eigenvalue weighted by atomic mass is 79.9. The average molecular weight is 408 g/mol. The maximum Gasteiger partial charge on any atom is 0.224 e. The second-order valence-corrected chi connectivity index (χ2v) is 6.31. The molecule has 0 heterocycles. The summed E-state index contributed by atoms with van der Waals surface area (Å²) in [4.78, 5) is 12.2. The lowest BCUT2D eigenvalue weighted by Gasteiger charge is -2.13. The van der Waals surface area contributed by atoms with E-state index in [0.717, 1.165) is 15.8 Å². The summed E-state index contributed by atoms with van der Waals surface area (Å²) in [6.07, 6.45) is 0.976. The van der Waals surface area contributed by atoms with Gasteiger partial charge in [0, 0.05) is 18.6 Å². The van der Waals surface area contributed by atoms with Gasteiger partial charge in [0.25, 0.3) is 0 Å². The first kappa shape index (κ1) is 19.1. The van der Waals surface area contributed by atoms with Gasteiger partial charge in [0.1, 0.15) is 17.2 Å². The van der Waals surface area contributed by atoms with Crippen molar-refractivity contribution in [3.63, 3.8) is 0 Å². The Labute approximate surface area is 156 Å². The van der Waals surface area contributed by atoms with Crippen molar-refractivity contribution >= 4 is 27.5 Å². The number of rotatable bonds is 8. The number of methoxy groups -OCH3 is 2. The SMILES string of the molecule is COc1cc(NC(=O)CCCOc2ccccc2C)c(OC)cc1Br. The van der Waals surface area contributed by atoms with E-state index in [1.165, 1.54) is 0 Å². The van der Waals surface area contributed by atoms with Crippen molar-refractivity contribution in [2.24, 2.45) is 0 Å². The predicted octanol–water partition coefficient (Wildman–Crippen LogP) is 4.57. The highest BCUT2D eigenvalue weighted by molar-refractivity contribution is 9.10. The third-order valence-corrected chi connectivity index (χ3v) is 4.27. The van der Waals surface area contributed by atoms with Crippen LogP contribution in [0.15, 0.2) is 40.9 Å². The number of hydrogen-bond donors (Lipinski definition) is 1. The zero-order valence-electron chi connectivity index (χ0n) is 14.6. The van der Waals surface area contributed by atoms with E-state index in [9.17, 15) is 4.79 Å². The van der Waals surface area contributed by atoms with Gasteiger partial charge in [0.05, 0.1) is 31.0 Å². The molecule has 0 radical (unpaired) electrons. The maximum atomic E-state index is 12.2. The summed E-state index contributed by atoms with van der Waals surface area (Å²) in [6.45, 7) is 2.48. The Bertz CT molecular complexity index is 733. The number of nitrogens with one attached hydrogen (secondary N) is 1. The largest absolute Gasteiger partial charge is 0.495 e. The van der Waals surface area contributed by atoms with Crippen LogP contribution in [0.25, 0.3) is 0 Å². The lowest BCUT2D eigenvalue weighted by atomic mass is 10.2. The van der Waals surface area contributed by atoms with Gasteiger partial charge in [-0.15, -0.1) is 0 Å². The molecule has 25 heavy (non-hydrogen) atoms. The van der Waals surface area contributed by atoms with Gasteiger partial charge in [-0.25, -0.2) is 0 Å². The van der Waals surface area contributed by atoms with Crippen LogP contribution in [0.4, 0.5) is 5.69 Å². The third kappa shape index (κ3) is 5.39. The summed E-state index contributed by atoms with van der Waals surface area (Å²) in [5.41, 5.74) is 1.66. The molecule has 0 unspecified atom stereocenters. The van der Waals surface area contributed by atoms with Gasteiger partial charge >= 0.3 is 0 Å². The van der Waals surface area contributed by atoms with Crippen LogP contribution < -0.4 is 19.5 Å². The van der Waals surface area contributed by atoms with Crippen molar-refractivity contribution in [1.29, 1.82) is 0 Å². The lowest BCUT2D eigenvalue weighted by molar-refractivity contribution is -0.116. The fourth-order valence-electron chi connectivity index (χ4n) is 2.30. The summed E-state index contributed by atoms with van der Waals surface area (Å²) in [7, 11) is 3.13. The highest BCUT2D eigenvalue weighted by Gasteiger charge is 2.12. The third-order valence-electron chi connectivity index (χ3n) is 3.65. The molecule has 2 aromatic carbocycles. The summed E-state index contributed by atoms with van der Waals surface area (Å²) in [5.74, 6) is 1.94. The minimum atomic E-state index is -0.101. The summed E-state index contributed by atoms with van der Waals surface area (Å²) in [6, 6.07) is 11.3. The monoisotopic (exact) mass is 407 g/mol. The van der Waals surface area contributed by atoms with Gasteiger partial charge in [0.2, 0.25) is 5.91 Å². The lowest BCUT2D eigenvalue weighted by Crippen LogP contribution is -2.13. The van der Waals surface area contributed by atoms with Crippen LogP contribution in [-0.4, -0.2) is 26.7 Å². The Kier molecular flexibility index (Phi) is 7.13. The van der Waals surface area contributed by atoms with Crippen molar-refractivity contribution < 1.29 is 19.0 Å². The van der Waals surface area contributed by atoms with Gasteiger partial charge in [0.15, 0.2) is 0 Å². The van der Waals surface area contributed by atoms with Gasteiger partial charge in [-0.1, -0.05) is 18.2 Å². The van der Waals surface area contributed by atoms with Crippen molar-refractivity contribution in [3.8, 4) is 17.2 Å². The Morgan fingerprint density at radius 3 is 2.48 bits per heavy atom. The molecule has 0 aliphatic heterocycles. The van der Waals surface area contributed by atoms with Gasteiger partial charge in [-0.2, -0.15) is 0 Å². The van der Waals surface area contributed by atoms with Gasteiger partial charge < -0.3 is 19.5 Å². The first-order valence-corrected chi connectivity index (χ1v) is 8.74. The van der Waals surface area contributed by atoms with Crippen LogP contribution >= 0.6 is 15.9 Å². The standard InChI is InChI=1S/C19H22BrNO4/c1-13-7-4-5-8-16(13)25-10-6-9-19(22)21-15-12-17(23-2)14(20)11-18(15)24-3/h4-5,7-8,11-12H,6,9-10H2,1-3H3,(H,21,22). The first-order chi connectivity index (χ1) is 12.0. The number of carbonyl (C=O) groups is 1. The zero-order valence-corrected chi connectivity index (χ0v) is 16.2. The van der Waals surface area contributed by atoms with Crippen LogP contribution in [0.2, 0.25) is 0 Å². The molecule has 2 rings (SSSR count). The molecule has 134 valence electrons. The number of benzene rings is 2. The number of hydrogen-bond acceptors (Lipinski definition) is 4. The van der Waals surface area contributed by atoms with E-state index in [0.29, 0.717) is 36.6 Å². The predicted molar refractivity (Wildman–Crippen MR) is 102 cm³/mol. The number of aryl methyl sites for hydroxylation is 1. The Morgan fingerprint density at radius 2 is 1.80 bits per heavy atom. The second kappa shape index (κ2) is 9.32. The first-order valence-electron chi connectivity index (χ1n) is 7.95. The van der Waals surface area contributed by atoms with Crippen LogP contribution in [0, 0.1) is 6.92 Å². The molecule has 0 atom stereocenters. The molecular weight excluding hydrogens is 386 g/mol. The molecule has 5 nitrogen and oxygen atoms in total. The topological polar surface area (TPSA) is 56.8 Å². The van der Waals surface area contributed by atoms with Crippen molar-refractivity contribution in [1.82, 2.24) is 0 Å². The molecular formula is C19H22BrNO4. The van der Waals surface area contributed by atoms with Crippen LogP contribution in [-0.2, 0) is 4.79 Å². The number of amides is 1. The van der Waals surface area contributed by atoms with E-state index < -0.39 is 0 Å². The molecule has 0 spiro atoms. The van der Waals surface area contributed by atoms with Crippen LogP contribution in [0.5, 0.6) is 17.2 Å². The van der Waals surface area contributed by atoms with Crippen molar-refractivity contribution in [2.75, 3.05) is 26.1 Å². The minimum absolute atomic E-state index is 0.101. The molecule has 0 saturated heterocycles. The van der Waals surface area contributed by atoms with Crippen LogP contribution in [0.3, 0.4) is 0 Å². The number of ether oxygens (including phenoxy) is 3. The summed E-state index contributed by atoms with van der Waals surface area (Å²) >= 11 is 3.39. The van der Waals surface area contributed by atoms with Gasteiger partial charge in [-0.3, -0.25) is 4.79 Å². The molecule has 0 saturated carbocycles.